The zero-order valence-electron chi connectivity index (χ0n) is 27.7. The molecule has 0 aliphatic carbocycles. The third kappa shape index (κ3) is 7.50. The number of piperidine rings is 1. The van der Waals surface area contributed by atoms with Crippen LogP contribution in [-0.2, 0) is 9.47 Å². The van der Waals surface area contributed by atoms with Crippen LogP contribution in [0.2, 0.25) is 0 Å². The number of nitrogens with one attached hydrogen (secondary N) is 1. The van der Waals surface area contributed by atoms with Crippen molar-refractivity contribution in [2.45, 2.75) is 83.1 Å². The number of ether oxygens (including phenoxy) is 2. The molecule has 5 heterocycles. The Balaban J connectivity index is 1.10. The average molecular weight is 669 g/mol. The Bertz CT molecular complexity index is 1590. The van der Waals surface area contributed by atoms with Gasteiger partial charge in [0.1, 0.15) is 23.3 Å². The highest BCUT2D eigenvalue weighted by atomic mass is 19.1. The molecule has 1 aromatic carbocycles. The number of benzene rings is 1. The molecule has 3 atom stereocenters. The van der Waals surface area contributed by atoms with Crippen molar-refractivity contribution in [3.05, 3.63) is 59.2 Å². The minimum absolute atomic E-state index is 0.0131. The van der Waals surface area contributed by atoms with Crippen molar-refractivity contribution in [3.8, 4) is 0 Å². The number of nitrogens with zero attached hydrogens (tertiary/aromatic N) is 7. The van der Waals surface area contributed by atoms with E-state index in [9.17, 15) is 18.4 Å². The van der Waals surface area contributed by atoms with E-state index < -0.39 is 35.3 Å². The second-order valence-corrected chi connectivity index (χ2v) is 13.4. The summed E-state index contributed by atoms with van der Waals surface area (Å²) >= 11 is 0. The van der Waals surface area contributed by atoms with Crippen molar-refractivity contribution < 1.29 is 32.4 Å². The number of aromatic nitrogens is 4. The van der Waals surface area contributed by atoms with Crippen molar-refractivity contribution in [2.24, 2.45) is 0 Å². The van der Waals surface area contributed by atoms with Gasteiger partial charge < -0.3 is 34.0 Å². The molecule has 6 rings (SSSR count). The number of hydrogen-bond donors (Lipinski definition) is 1. The summed E-state index contributed by atoms with van der Waals surface area (Å²) in [6.07, 6.45) is 5.53. The van der Waals surface area contributed by atoms with Gasteiger partial charge in [0.25, 0.3) is 5.91 Å². The third-order valence-corrected chi connectivity index (χ3v) is 8.97. The van der Waals surface area contributed by atoms with Crippen LogP contribution in [0.15, 0.2) is 35.1 Å². The second kappa shape index (κ2) is 14.0. The number of carbonyl (C=O) groups is 2. The van der Waals surface area contributed by atoms with Gasteiger partial charge in [0.05, 0.1) is 11.6 Å². The molecular formula is C33H42F2N8O5. The number of hydrogen-bond acceptors (Lipinski definition) is 11. The van der Waals surface area contributed by atoms with E-state index in [4.69, 9.17) is 14.0 Å². The molecule has 258 valence electrons. The Labute approximate surface area is 278 Å². The maximum absolute atomic E-state index is 14.9. The molecule has 48 heavy (non-hydrogen) atoms. The molecule has 2 aromatic heterocycles. The SMILES string of the molecule is CCN(C(=O)c1cnc(N2C[C@H](NC(=O)OC(C)(C)C)[C@@H](c3cc(F)ccc3F)C2)nc1)C1CCN(c2nc([C@@H]3CCCO3)no2)CC1. The van der Waals surface area contributed by atoms with E-state index in [0.717, 1.165) is 43.9 Å². The number of rotatable bonds is 8. The molecule has 2 amide bonds. The van der Waals surface area contributed by atoms with E-state index in [1.807, 2.05) is 16.7 Å². The Hall–Kier alpha value is -4.40. The lowest BCUT2D eigenvalue weighted by molar-refractivity contribution is 0.0504. The van der Waals surface area contributed by atoms with Crippen LogP contribution < -0.4 is 15.1 Å². The molecule has 0 spiro atoms. The number of alkyl carbamates (subject to hydrolysis) is 1. The molecule has 3 aromatic rings. The zero-order valence-corrected chi connectivity index (χ0v) is 27.7. The minimum Gasteiger partial charge on any atom is -0.444 e. The summed E-state index contributed by atoms with van der Waals surface area (Å²) in [5, 5.41) is 6.93. The molecule has 0 bridgehead atoms. The maximum Gasteiger partial charge on any atom is 0.407 e. The molecule has 1 N–H and O–H groups in total. The summed E-state index contributed by atoms with van der Waals surface area (Å²) < 4.78 is 45.7. The first-order valence-electron chi connectivity index (χ1n) is 16.5. The van der Waals surface area contributed by atoms with E-state index in [1.165, 1.54) is 12.4 Å². The highest BCUT2D eigenvalue weighted by Gasteiger charge is 2.39. The summed E-state index contributed by atoms with van der Waals surface area (Å²) in [6, 6.07) is 3.15. The van der Waals surface area contributed by atoms with Gasteiger partial charge in [-0.05, 0) is 77.1 Å². The normalized spacial score (nSPS) is 21.8. The van der Waals surface area contributed by atoms with Crippen LogP contribution >= 0.6 is 0 Å². The monoisotopic (exact) mass is 668 g/mol. The molecule has 3 saturated heterocycles. The first-order valence-corrected chi connectivity index (χ1v) is 16.5. The van der Waals surface area contributed by atoms with Crippen LogP contribution in [0.25, 0.3) is 0 Å². The molecule has 15 heteroatoms. The topological polar surface area (TPSA) is 139 Å². The molecule has 3 aliphatic rings. The van der Waals surface area contributed by atoms with E-state index >= 15 is 0 Å². The smallest absolute Gasteiger partial charge is 0.407 e. The molecule has 3 fully saturated rings. The Morgan fingerprint density at radius 3 is 2.50 bits per heavy atom. The number of anilines is 2. The van der Waals surface area contributed by atoms with Gasteiger partial charge in [-0.15, -0.1) is 0 Å². The fraction of sp³-hybridized carbons (Fsp3) is 0.576. The van der Waals surface area contributed by atoms with Crippen molar-refractivity contribution in [1.29, 1.82) is 0 Å². The fourth-order valence-electron chi connectivity index (χ4n) is 6.65. The fourth-order valence-corrected chi connectivity index (χ4v) is 6.65. The van der Waals surface area contributed by atoms with E-state index in [1.54, 1.807) is 25.7 Å². The first kappa shape index (κ1) is 33.5. The highest BCUT2D eigenvalue weighted by molar-refractivity contribution is 5.94. The number of carbonyl (C=O) groups excluding carboxylic acids is 2. The van der Waals surface area contributed by atoms with Crippen LogP contribution in [0.4, 0.5) is 25.5 Å². The molecule has 13 nitrogen and oxygen atoms in total. The zero-order chi connectivity index (χ0) is 34.0. The summed E-state index contributed by atoms with van der Waals surface area (Å²) in [6.45, 7) is 10.2. The van der Waals surface area contributed by atoms with Gasteiger partial charge in [0.2, 0.25) is 11.8 Å². The number of amides is 2. The predicted molar refractivity (Wildman–Crippen MR) is 171 cm³/mol. The van der Waals surface area contributed by atoms with Crippen LogP contribution in [0.5, 0.6) is 0 Å². The molecule has 0 saturated carbocycles. The quantitative estimate of drug-likeness (QED) is 0.360. The van der Waals surface area contributed by atoms with E-state index in [0.29, 0.717) is 49.6 Å². The minimum atomic E-state index is -0.737. The first-order chi connectivity index (χ1) is 23.0. The lowest BCUT2D eigenvalue weighted by Gasteiger charge is -2.37. The van der Waals surface area contributed by atoms with Gasteiger partial charge in [0, 0.05) is 63.7 Å². The Morgan fingerprint density at radius 2 is 1.83 bits per heavy atom. The van der Waals surface area contributed by atoms with Gasteiger partial charge in [0.15, 0.2) is 0 Å². The van der Waals surface area contributed by atoms with Gasteiger partial charge in [-0.3, -0.25) is 4.79 Å². The maximum atomic E-state index is 14.9. The van der Waals surface area contributed by atoms with Gasteiger partial charge in [-0.2, -0.15) is 4.98 Å². The second-order valence-electron chi connectivity index (χ2n) is 13.4. The van der Waals surface area contributed by atoms with Crippen LogP contribution in [0.3, 0.4) is 0 Å². The number of halogens is 2. The largest absolute Gasteiger partial charge is 0.444 e. The summed E-state index contributed by atoms with van der Waals surface area (Å²) in [5.41, 5.74) is -0.256. The van der Waals surface area contributed by atoms with Gasteiger partial charge in [-0.25, -0.2) is 23.5 Å². The summed E-state index contributed by atoms with van der Waals surface area (Å²) in [7, 11) is 0. The van der Waals surface area contributed by atoms with Crippen molar-refractivity contribution in [1.82, 2.24) is 30.3 Å². The summed E-state index contributed by atoms with van der Waals surface area (Å²) in [5.74, 6) is -1.05. The van der Waals surface area contributed by atoms with Gasteiger partial charge in [-0.1, -0.05) is 5.16 Å². The standard InChI is InChI=1S/C33H42F2N8O5/c1-5-43(22-10-12-41(13-11-22)31-39-28(40-48-31)27-7-6-14-46-27)29(44)20-16-36-30(37-17-20)42-18-24(23-15-21(34)8-9-25(23)35)26(19-42)38-32(45)47-33(2,3)4/h8-9,15-17,22,24,26-27H,5-7,10-14,18-19H2,1-4H3,(H,38,45)/t24-,26+,27+/m1/s1. The van der Waals surface area contributed by atoms with E-state index in [2.05, 4.69) is 25.4 Å². The molecule has 0 unspecified atom stereocenters. The van der Waals surface area contributed by atoms with Gasteiger partial charge >= 0.3 is 12.1 Å². The average Bonchev–Trinajstić information content (AvgIpc) is 3.84. The predicted octanol–water partition coefficient (Wildman–Crippen LogP) is 4.62. The molecule has 3 aliphatic heterocycles. The van der Waals surface area contributed by atoms with Crippen molar-refractivity contribution in [2.75, 3.05) is 49.1 Å². The highest BCUT2D eigenvalue weighted by Crippen LogP contribution is 2.33. The third-order valence-electron chi connectivity index (χ3n) is 8.97. The van der Waals surface area contributed by atoms with Crippen LogP contribution in [0, 0.1) is 11.6 Å². The molecule has 0 radical (unpaired) electrons. The van der Waals surface area contributed by atoms with Crippen molar-refractivity contribution >= 4 is 24.0 Å². The Morgan fingerprint density at radius 1 is 1.08 bits per heavy atom. The lowest BCUT2D eigenvalue weighted by Crippen LogP contribution is -2.47. The van der Waals surface area contributed by atoms with E-state index in [-0.39, 0.29) is 36.7 Å². The summed E-state index contributed by atoms with van der Waals surface area (Å²) in [4.78, 5) is 45.5. The van der Waals surface area contributed by atoms with Crippen LogP contribution in [-0.4, -0.2) is 94.0 Å². The Kier molecular flexibility index (Phi) is 9.76. The lowest BCUT2D eigenvalue weighted by atomic mass is 9.94. The molecular weight excluding hydrogens is 626 g/mol. The van der Waals surface area contributed by atoms with Crippen LogP contribution in [0.1, 0.15) is 87.1 Å². The van der Waals surface area contributed by atoms with Crippen molar-refractivity contribution in [3.63, 3.8) is 0 Å².